The molecular weight excluding hydrogens is 446 g/mol. The van der Waals surface area contributed by atoms with Gasteiger partial charge in [0.05, 0.1) is 34.3 Å². The molecule has 0 fully saturated rings. The highest BCUT2D eigenvalue weighted by Crippen LogP contribution is 2.29. The van der Waals surface area contributed by atoms with Crippen molar-refractivity contribution in [3.8, 4) is 11.8 Å². The van der Waals surface area contributed by atoms with Gasteiger partial charge in [-0.25, -0.2) is 8.42 Å². The summed E-state index contributed by atoms with van der Waals surface area (Å²) in [4.78, 5) is 10.6. The predicted octanol–water partition coefficient (Wildman–Crippen LogP) is 4.11. The second kappa shape index (κ2) is 9.80. The number of hydrazone groups is 1. The zero-order chi connectivity index (χ0) is 24.0. The Labute approximate surface area is 190 Å². The monoisotopic (exact) mass is 465 g/mol. The van der Waals surface area contributed by atoms with Crippen LogP contribution in [0.25, 0.3) is 0 Å². The highest BCUT2D eigenvalue weighted by molar-refractivity contribution is 7.92. The van der Waals surface area contributed by atoms with Crippen molar-refractivity contribution in [3.05, 3.63) is 88.0 Å². The number of hydrogen-bond donors (Lipinski definition) is 2. The van der Waals surface area contributed by atoms with Gasteiger partial charge >= 0.3 is 0 Å². The first kappa shape index (κ1) is 23.2. The Morgan fingerprint density at radius 2 is 1.76 bits per heavy atom. The Morgan fingerprint density at radius 1 is 1.09 bits per heavy atom. The van der Waals surface area contributed by atoms with E-state index in [0.29, 0.717) is 22.6 Å². The average molecular weight is 465 g/mol. The van der Waals surface area contributed by atoms with Gasteiger partial charge in [-0.3, -0.25) is 20.3 Å². The van der Waals surface area contributed by atoms with Crippen molar-refractivity contribution >= 4 is 32.8 Å². The highest BCUT2D eigenvalue weighted by Gasteiger charge is 2.21. The SMILES string of the molecule is COc1ccc(NS(=O)(=O)c2ccc(N/N=C(/C)c3ccc(C#N)cc3)c([N+](=O)[O-])c2)cc1. The fourth-order valence-electron chi connectivity index (χ4n) is 2.79. The van der Waals surface area contributed by atoms with Crippen molar-refractivity contribution in [1.29, 1.82) is 5.26 Å². The van der Waals surface area contributed by atoms with E-state index in [1.807, 2.05) is 6.07 Å². The van der Waals surface area contributed by atoms with Crippen molar-refractivity contribution in [3.63, 3.8) is 0 Å². The summed E-state index contributed by atoms with van der Waals surface area (Å²) in [5.41, 5.74) is 4.20. The molecule has 0 atom stereocenters. The molecule has 0 aromatic heterocycles. The number of nitro groups is 1. The van der Waals surface area contributed by atoms with Gasteiger partial charge in [-0.2, -0.15) is 10.4 Å². The van der Waals surface area contributed by atoms with Crippen LogP contribution in [0.15, 0.2) is 76.7 Å². The van der Waals surface area contributed by atoms with Crippen molar-refractivity contribution < 1.29 is 18.1 Å². The lowest BCUT2D eigenvalue weighted by Gasteiger charge is -2.10. The molecule has 0 heterocycles. The van der Waals surface area contributed by atoms with Crippen LogP contribution in [0.4, 0.5) is 17.1 Å². The Morgan fingerprint density at radius 3 is 2.33 bits per heavy atom. The van der Waals surface area contributed by atoms with Crippen LogP contribution >= 0.6 is 0 Å². The molecule has 3 aromatic carbocycles. The number of nitro benzene ring substituents is 1. The molecule has 10 nitrogen and oxygen atoms in total. The minimum atomic E-state index is -4.07. The number of nitrogens with one attached hydrogen (secondary N) is 2. The van der Waals surface area contributed by atoms with E-state index in [0.717, 1.165) is 6.07 Å². The molecule has 0 saturated heterocycles. The standard InChI is InChI=1S/C22H19N5O5S/c1-15(17-5-3-16(14-23)4-6-17)24-25-21-12-11-20(13-22(21)27(28)29)33(30,31)26-18-7-9-19(32-2)10-8-18/h3-13,25-26H,1-2H3/b24-15-. The average Bonchev–Trinajstić information content (AvgIpc) is 2.82. The summed E-state index contributed by atoms with van der Waals surface area (Å²) in [5, 5.41) is 24.6. The molecule has 0 saturated carbocycles. The fraction of sp³-hybridized carbons (Fsp3) is 0.0909. The number of ether oxygens (including phenoxy) is 1. The smallest absolute Gasteiger partial charge is 0.295 e. The molecule has 33 heavy (non-hydrogen) atoms. The van der Waals surface area contributed by atoms with Gasteiger partial charge in [0.15, 0.2) is 0 Å². The molecular formula is C22H19N5O5S. The summed E-state index contributed by atoms with van der Waals surface area (Å²) in [6.07, 6.45) is 0. The minimum Gasteiger partial charge on any atom is -0.497 e. The maximum atomic E-state index is 12.7. The largest absolute Gasteiger partial charge is 0.497 e. The second-order valence-corrected chi connectivity index (χ2v) is 8.45. The van der Waals surface area contributed by atoms with E-state index in [-0.39, 0.29) is 16.3 Å². The number of hydrogen-bond acceptors (Lipinski definition) is 8. The van der Waals surface area contributed by atoms with Crippen molar-refractivity contribution in [2.45, 2.75) is 11.8 Å². The van der Waals surface area contributed by atoms with E-state index in [2.05, 4.69) is 15.2 Å². The van der Waals surface area contributed by atoms with Gasteiger partial charge in [-0.1, -0.05) is 12.1 Å². The maximum absolute atomic E-state index is 12.7. The number of nitrogens with zero attached hydrogens (tertiary/aromatic N) is 3. The summed E-state index contributed by atoms with van der Waals surface area (Å²) >= 11 is 0. The van der Waals surface area contributed by atoms with Crippen molar-refractivity contribution in [2.75, 3.05) is 17.3 Å². The van der Waals surface area contributed by atoms with Crippen molar-refractivity contribution in [1.82, 2.24) is 0 Å². The Hall–Kier alpha value is -4.43. The highest BCUT2D eigenvalue weighted by atomic mass is 32.2. The fourth-order valence-corrected chi connectivity index (χ4v) is 3.87. The van der Waals surface area contributed by atoms with E-state index in [1.54, 1.807) is 43.3 Å². The Bertz CT molecular complexity index is 1350. The maximum Gasteiger partial charge on any atom is 0.295 e. The van der Waals surface area contributed by atoms with Gasteiger partial charge in [-0.15, -0.1) is 0 Å². The van der Waals surface area contributed by atoms with Crippen molar-refractivity contribution in [2.24, 2.45) is 5.10 Å². The number of nitriles is 1. The summed E-state index contributed by atoms with van der Waals surface area (Å²) in [6.45, 7) is 1.69. The third-order valence-corrected chi connectivity index (χ3v) is 5.97. The quantitative estimate of drug-likeness (QED) is 0.289. The molecule has 0 spiro atoms. The third-order valence-electron chi connectivity index (χ3n) is 4.59. The molecule has 0 bridgehead atoms. The van der Waals surface area contributed by atoms with E-state index in [9.17, 15) is 18.5 Å². The van der Waals surface area contributed by atoms with Crippen LogP contribution in [0.5, 0.6) is 5.75 Å². The predicted molar refractivity (Wildman–Crippen MR) is 124 cm³/mol. The lowest BCUT2D eigenvalue weighted by molar-refractivity contribution is -0.384. The molecule has 11 heteroatoms. The van der Waals surface area contributed by atoms with Gasteiger partial charge < -0.3 is 4.74 Å². The van der Waals surface area contributed by atoms with Gasteiger partial charge in [-0.05, 0) is 61.0 Å². The molecule has 0 aliphatic carbocycles. The van der Waals surface area contributed by atoms with E-state index < -0.39 is 20.6 Å². The topological polar surface area (TPSA) is 147 Å². The van der Waals surface area contributed by atoms with Gasteiger partial charge in [0.2, 0.25) is 0 Å². The van der Waals surface area contributed by atoms with Crippen LogP contribution < -0.4 is 14.9 Å². The van der Waals surface area contributed by atoms with Crippen LogP contribution in [0.2, 0.25) is 0 Å². The van der Waals surface area contributed by atoms with E-state index in [4.69, 9.17) is 10.00 Å². The first-order valence-electron chi connectivity index (χ1n) is 9.49. The molecule has 168 valence electrons. The van der Waals surface area contributed by atoms with Crippen LogP contribution in [-0.4, -0.2) is 26.2 Å². The van der Waals surface area contributed by atoms with Crippen LogP contribution in [0.3, 0.4) is 0 Å². The molecule has 0 radical (unpaired) electrons. The zero-order valence-corrected chi connectivity index (χ0v) is 18.5. The molecule has 3 rings (SSSR count). The number of rotatable bonds is 8. The second-order valence-electron chi connectivity index (χ2n) is 6.77. The van der Waals surface area contributed by atoms with E-state index >= 15 is 0 Å². The number of anilines is 2. The zero-order valence-electron chi connectivity index (χ0n) is 17.6. The summed E-state index contributed by atoms with van der Waals surface area (Å²) in [6, 6.07) is 18.4. The lowest BCUT2D eigenvalue weighted by Crippen LogP contribution is -2.13. The van der Waals surface area contributed by atoms with E-state index in [1.165, 1.54) is 31.4 Å². The summed E-state index contributed by atoms with van der Waals surface area (Å²) in [5.74, 6) is 0.556. The number of methoxy groups -OCH3 is 1. The summed E-state index contributed by atoms with van der Waals surface area (Å²) in [7, 11) is -2.58. The Kier molecular flexibility index (Phi) is 6.90. The normalized spacial score (nSPS) is 11.4. The minimum absolute atomic E-state index is 0.0244. The molecule has 2 N–H and O–H groups in total. The Balaban J connectivity index is 1.84. The molecule has 0 aliphatic heterocycles. The third kappa shape index (κ3) is 5.63. The van der Waals surface area contributed by atoms with Gasteiger partial charge in [0.25, 0.3) is 15.7 Å². The van der Waals surface area contributed by atoms with Crippen LogP contribution in [0, 0.1) is 21.4 Å². The van der Waals surface area contributed by atoms with Crippen LogP contribution in [-0.2, 0) is 10.0 Å². The first-order valence-corrected chi connectivity index (χ1v) is 11.0. The molecule has 3 aromatic rings. The molecule has 0 aliphatic rings. The van der Waals surface area contributed by atoms with Gasteiger partial charge in [0, 0.05) is 11.8 Å². The molecule has 0 unspecified atom stereocenters. The molecule has 0 amide bonds. The van der Waals surface area contributed by atoms with Crippen LogP contribution in [0.1, 0.15) is 18.1 Å². The first-order chi connectivity index (χ1) is 15.7. The van der Waals surface area contributed by atoms with Gasteiger partial charge in [0.1, 0.15) is 11.4 Å². The lowest BCUT2D eigenvalue weighted by atomic mass is 10.1. The number of benzene rings is 3. The summed E-state index contributed by atoms with van der Waals surface area (Å²) < 4.78 is 32.8. The number of sulfonamides is 1.